The number of likely N-dealkylation sites (tertiary alicyclic amines) is 1. The van der Waals surface area contributed by atoms with Gasteiger partial charge in [-0.05, 0) is 51.3 Å². The lowest BCUT2D eigenvalue weighted by atomic mass is 9.86. The summed E-state index contributed by atoms with van der Waals surface area (Å²) < 4.78 is 27.8. The second-order valence-corrected chi connectivity index (χ2v) is 5.78. The standard InChI is InChI=1S/C16H23F2NO/c1-3-9-19-10-4-7-16(20,8-11-19)13-6-5-12(2)14(17)15(13)18/h5-6,20H,3-4,7-11H2,1-2H3. The number of rotatable bonds is 3. The first-order chi connectivity index (χ1) is 9.48. The Morgan fingerprint density at radius 1 is 1.20 bits per heavy atom. The van der Waals surface area contributed by atoms with Gasteiger partial charge in [-0.2, -0.15) is 0 Å². The lowest BCUT2D eigenvalue weighted by molar-refractivity contribution is 0.0172. The second kappa shape index (κ2) is 6.19. The van der Waals surface area contributed by atoms with Crippen LogP contribution in [0.4, 0.5) is 8.78 Å². The summed E-state index contributed by atoms with van der Waals surface area (Å²) in [6.07, 6.45) is 2.79. The molecule has 1 heterocycles. The molecule has 2 rings (SSSR count). The fourth-order valence-electron chi connectivity index (χ4n) is 2.99. The first kappa shape index (κ1) is 15.4. The molecular formula is C16H23F2NO. The number of hydrogen-bond acceptors (Lipinski definition) is 2. The van der Waals surface area contributed by atoms with Gasteiger partial charge < -0.3 is 10.0 Å². The Bertz CT molecular complexity index is 478. The van der Waals surface area contributed by atoms with Gasteiger partial charge >= 0.3 is 0 Å². The van der Waals surface area contributed by atoms with E-state index in [9.17, 15) is 13.9 Å². The molecule has 1 aromatic carbocycles. The Kier molecular flexibility index (Phi) is 4.76. The molecular weight excluding hydrogens is 260 g/mol. The zero-order chi connectivity index (χ0) is 14.8. The molecule has 0 spiro atoms. The lowest BCUT2D eigenvalue weighted by Gasteiger charge is -2.28. The SMILES string of the molecule is CCCN1CCCC(O)(c2ccc(C)c(F)c2F)CC1. The summed E-state index contributed by atoms with van der Waals surface area (Å²) >= 11 is 0. The van der Waals surface area contributed by atoms with Gasteiger partial charge in [0.25, 0.3) is 0 Å². The van der Waals surface area contributed by atoms with Crippen LogP contribution in [0.2, 0.25) is 0 Å². The molecule has 0 bridgehead atoms. The molecule has 0 amide bonds. The number of aryl methyl sites for hydroxylation is 1. The van der Waals surface area contributed by atoms with E-state index in [1.165, 1.54) is 13.0 Å². The van der Waals surface area contributed by atoms with Crippen molar-refractivity contribution in [3.63, 3.8) is 0 Å². The molecule has 20 heavy (non-hydrogen) atoms. The van der Waals surface area contributed by atoms with Crippen molar-refractivity contribution in [2.75, 3.05) is 19.6 Å². The van der Waals surface area contributed by atoms with E-state index in [0.29, 0.717) is 12.8 Å². The van der Waals surface area contributed by atoms with Crippen molar-refractivity contribution in [1.29, 1.82) is 0 Å². The van der Waals surface area contributed by atoms with E-state index < -0.39 is 17.2 Å². The zero-order valence-corrected chi connectivity index (χ0v) is 12.3. The maximum atomic E-state index is 14.1. The fraction of sp³-hybridized carbons (Fsp3) is 0.625. The highest BCUT2D eigenvalue weighted by Gasteiger charge is 2.35. The maximum absolute atomic E-state index is 14.1. The zero-order valence-electron chi connectivity index (χ0n) is 12.3. The van der Waals surface area contributed by atoms with Crippen LogP contribution in [0, 0.1) is 18.6 Å². The van der Waals surface area contributed by atoms with Crippen molar-refractivity contribution >= 4 is 0 Å². The van der Waals surface area contributed by atoms with Gasteiger partial charge in [0.15, 0.2) is 11.6 Å². The van der Waals surface area contributed by atoms with Crippen molar-refractivity contribution in [2.45, 2.75) is 45.1 Å². The van der Waals surface area contributed by atoms with Gasteiger partial charge in [-0.15, -0.1) is 0 Å². The van der Waals surface area contributed by atoms with Crippen LogP contribution in [0.3, 0.4) is 0 Å². The Morgan fingerprint density at radius 3 is 2.65 bits per heavy atom. The van der Waals surface area contributed by atoms with Gasteiger partial charge in [0.05, 0.1) is 5.60 Å². The molecule has 0 aromatic heterocycles. The van der Waals surface area contributed by atoms with E-state index >= 15 is 0 Å². The predicted molar refractivity (Wildman–Crippen MR) is 75.6 cm³/mol. The summed E-state index contributed by atoms with van der Waals surface area (Å²) in [5.74, 6) is -1.73. The third-order valence-corrected chi connectivity index (χ3v) is 4.22. The summed E-state index contributed by atoms with van der Waals surface area (Å²) in [5, 5.41) is 10.8. The lowest BCUT2D eigenvalue weighted by Crippen LogP contribution is -2.30. The van der Waals surface area contributed by atoms with Crippen LogP contribution in [-0.4, -0.2) is 29.6 Å². The maximum Gasteiger partial charge on any atom is 0.165 e. The normalized spacial score (nSPS) is 24.6. The Balaban J connectivity index is 2.25. The topological polar surface area (TPSA) is 23.5 Å². The molecule has 1 saturated heterocycles. The fourth-order valence-corrected chi connectivity index (χ4v) is 2.99. The van der Waals surface area contributed by atoms with E-state index in [4.69, 9.17) is 0 Å². The molecule has 1 N–H and O–H groups in total. The predicted octanol–water partition coefficient (Wildman–Crippen LogP) is 3.36. The van der Waals surface area contributed by atoms with Gasteiger partial charge in [-0.25, -0.2) is 8.78 Å². The molecule has 2 nitrogen and oxygen atoms in total. The van der Waals surface area contributed by atoms with Crippen molar-refractivity contribution in [3.05, 3.63) is 34.9 Å². The molecule has 112 valence electrons. The number of aliphatic hydroxyl groups is 1. The third-order valence-electron chi connectivity index (χ3n) is 4.22. The second-order valence-electron chi connectivity index (χ2n) is 5.78. The molecule has 4 heteroatoms. The third kappa shape index (κ3) is 3.01. The van der Waals surface area contributed by atoms with E-state index in [-0.39, 0.29) is 11.1 Å². The Morgan fingerprint density at radius 2 is 1.95 bits per heavy atom. The first-order valence-corrected chi connectivity index (χ1v) is 7.38. The summed E-state index contributed by atoms with van der Waals surface area (Å²) in [7, 11) is 0. The molecule has 1 atom stereocenters. The molecule has 1 aromatic rings. The minimum Gasteiger partial charge on any atom is -0.385 e. The van der Waals surface area contributed by atoms with Gasteiger partial charge in [0.1, 0.15) is 0 Å². The van der Waals surface area contributed by atoms with Crippen LogP contribution < -0.4 is 0 Å². The number of halogens is 2. The van der Waals surface area contributed by atoms with Crippen molar-refractivity contribution in [3.8, 4) is 0 Å². The van der Waals surface area contributed by atoms with Gasteiger partial charge in [-0.1, -0.05) is 19.1 Å². The van der Waals surface area contributed by atoms with Gasteiger partial charge in [0, 0.05) is 12.1 Å². The van der Waals surface area contributed by atoms with Crippen molar-refractivity contribution < 1.29 is 13.9 Å². The first-order valence-electron chi connectivity index (χ1n) is 7.38. The molecule has 1 fully saturated rings. The molecule has 0 aliphatic carbocycles. The highest BCUT2D eigenvalue weighted by molar-refractivity contribution is 5.30. The summed E-state index contributed by atoms with van der Waals surface area (Å²) in [5.41, 5.74) is -0.865. The Labute approximate surface area is 119 Å². The van der Waals surface area contributed by atoms with E-state index in [0.717, 1.165) is 32.5 Å². The van der Waals surface area contributed by atoms with Crippen LogP contribution in [0.5, 0.6) is 0 Å². The van der Waals surface area contributed by atoms with E-state index in [1.807, 2.05) is 0 Å². The quantitative estimate of drug-likeness (QED) is 0.919. The number of nitrogens with zero attached hydrogens (tertiary/aromatic N) is 1. The van der Waals surface area contributed by atoms with Crippen LogP contribution in [-0.2, 0) is 5.60 Å². The molecule has 0 saturated carbocycles. The van der Waals surface area contributed by atoms with Crippen LogP contribution in [0.25, 0.3) is 0 Å². The van der Waals surface area contributed by atoms with E-state index in [1.54, 1.807) is 6.07 Å². The summed E-state index contributed by atoms with van der Waals surface area (Å²) in [6.45, 7) is 6.26. The highest BCUT2D eigenvalue weighted by Crippen LogP contribution is 2.35. The van der Waals surface area contributed by atoms with Crippen LogP contribution in [0.1, 0.15) is 43.7 Å². The largest absolute Gasteiger partial charge is 0.385 e. The highest BCUT2D eigenvalue weighted by atomic mass is 19.2. The average molecular weight is 283 g/mol. The molecule has 1 aliphatic heterocycles. The van der Waals surface area contributed by atoms with Crippen LogP contribution >= 0.6 is 0 Å². The monoisotopic (exact) mass is 283 g/mol. The summed E-state index contributed by atoms with van der Waals surface area (Å²) in [4.78, 5) is 2.28. The summed E-state index contributed by atoms with van der Waals surface area (Å²) in [6, 6.07) is 3.07. The molecule has 1 unspecified atom stereocenters. The molecule has 0 radical (unpaired) electrons. The number of hydrogen-bond donors (Lipinski definition) is 1. The Hall–Kier alpha value is -1.00. The van der Waals surface area contributed by atoms with E-state index in [2.05, 4.69) is 11.8 Å². The average Bonchev–Trinajstić information content (AvgIpc) is 2.60. The van der Waals surface area contributed by atoms with Gasteiger partial charge in [-0.3, -0.25) is 0 Å². The van der Waals surface area contributed by atoms with Crippen molar-refractivity contribution in [2.24, 2.45) is 0 Å². The van der Waals surface area contributed by atoms with Gasteiger partial charge in [0.2, 0.25) is 0 Å². The minimum absolute atomic E-state index is 0.110. The molecule has 1 aliphatic rings. The number of benzene rings is 1. The smallest absolute Gasteiger partial charge is 0.165 e. The van der Waals surface area contributed by atoms with Crippen LogP contribution in [0.15, 0.2) is 12.1 Å². The van der Waals surface area contributed by atoms with Crippen molar-refractivity contribution in [1.82, 2.24) is 4.90 Å². The minimum atomic E-state index is -1.25.